The van der Waals surface area contributed by atoms with Crippen molar-refractivity contribution in [3.8, 4) is 0 Å². The molecule has 4 aromatic carbocycles. The molecule has 4 rings (SSSR count). The molecule has 0 unspecified atom stereocenters. The second-order valence-corrected chi connectivity index (χ2v) is 9.92. The Labute approximate surface area is 198 Å². The zero-order chi connectivity index (χ0) is 23.6. The van der Waals surface area contributed by atoms with E-state index in [2.05, 4.69) is 10.0 Å². The van der Waals surface area contributed by atoms with Crippen LogP contribution in [0.15, 0.2) is 83.8 Å². The summed E-state index contributed by atoms with van der Waals surface area (Å²) in [6.07, 6.45) is 0. The van der Waals surface area contributed by atoms with Crippen LogP contribution in [-0.2, 0) is 16.6 Å². The molecule has 168 valence electrons. The van der Waals surface area contributed by atoms with Gasteiger partial charge >= 0.3 is 0 Å². The van der Waals surface area contributed by atoms with E-state index in [-0.39, 0.29) is 21.4 Å². The first-order chi connectivity index (χ1) is 15.7. The van der Waals surface area contributed by atoms with Gasteiger partial charge in [0.15, 0.2) is 0 Å². The third-order valence-corrected chi connectivity index (χ3v) is 7.45. The van der Waals surface area contributed by atoms with Crippen LogP contribution in [0.2, 0.25) is 5.02 Å². The maximum Gasteiger partial charge on any atom is 0.263 e. The molecule has 0 aromatic heterocycles. The molecule has 0 saturated heterocycles. The molecule has 1 amide bonds. The van der Waals surface area contributed by atoms with Gasteiger partial charge in [0.05, 0.1) is 10.7 Å². The lowest BCUT2D eigenvalue weighted by atomic mass is 10.1. The summed E-state index contributed by atoms with van der Waals surface area (Å²) >= 11 is 6.20. The highest BCUT2D eigenvalue weighted by atomic mass is 35.5. The van der Waals surface area contributed by atoms with Crippen molar-refractivity contribution < 1.29 is 13.2 Å². The number of carbonyl (C=O) groups excluding carboxylic acids is 1. The summed E-state index contributed by atoms with van der Waals surface area (Å²) < 4.78 is 28.7. The van der Waals surface area contributed by atoms with E-state index in [0.717, 1.165) is 27.5 Å². The predicted molar refractivity (Wildman–Crippen MR) is 133 cm³/mol. The Morgan fingerprint density at radius 2 is 1.64 bits per heavy atom. The van der Waals surface area contributed by atoms with Crippen LogP contribution in [0.1, 0.15) is 27.0 Å². The molecule has 0 aliphatic heterocycles. The van der Waals surface area contributed by atoms with Gasteiger partial charge in [0.1, 0.15) is 4.90 Å². The second-order valence-electron chi connectivity index (χ2n) is 7.86. The molecule has 5 nitrogen and oxygen atoms in total. The van der Waals surface area contributed by atoms with E-state index >= 15 is 0 Å². The summed E-state index contributed by atoms with van der Waals surface area (Å²) in [4.78, 5) is 12.6. The Morgan fingerprint density at radius 1 is 0.879 bits per heavy atom. The minimum atomic E-state index is -3.99. The highest BCUT2D eigenvalue weighted by Gasteiger charge is 2.21. The first-order valence-electron chi connectivity index (χ1n) is 10.4. The maximum absolute atomic E-state index is 13.0. The summed E-state index contributed by atoms with van der Waals surface area (Å²) in [5.74, 6) is -0.386. The first kappa shape index (κ1) is 22.8. The third kappa shape index (κ3) is 5.02. The van der Waals surface area contributed by atoms with Gasteiger partial charge in [0.25, 0.3) is 15.9 Å². The summed E-state index contributed by atoms with van der Waals surface area (Å²) in [6.45, 7) is 4.06. The summed E-state index contributed by atoms with van der Waals surface area (Å²) in [7, 11) is -3.99. The molecule has 0 aliphatic rings. The largest absolute Gasteiger partial charge is 0.348 e. The monoisotopic (exact) mass is 478 g/mol. The summed E-state index contributed by atoms with van der Waals surface area (Å²) in [5, 5.41) is 5.09. The zero-order valence-electron chi connectivity index (χ0n) is 18.2. The van der Waals surface area contributed by atoms with E-state index in [9.17, 15) is 13.2 Å². The fraction of sp³-hybridized carbons (Fsp3) is 0.115. The minimum absolute atomic E-state index is 0.0406. The number of benzene rings is 4. The van der Waals surface area contributed by atoms with Gasteiger partial charge in [-0.2, -0.15) is 0 Å². The number of fused-ring (bicyclic) bond motifs is 1. The van der Waals surface area contributed by atoms with Gasteiger partial charge in [0, 0.05) is 12.1 Å². The average molecular weight is 479 g/mol. The Kier molecular flexibility index (Phi) is 6.40. The van der Waals surface area contributed by atoms with Crippen LogP contribution in [0.3, 0.4) is 0 Å². The second kappa shape index (κ2) is 9.25. The van der Waals surface area contributed by atoms with Gasteiger partial charge < -0.3 is 5.32 Å². The molecule has 0 bridgehead atoms. The molecule has 0 atom stereocenters. The van der Waals surface area contributed by atoms with Gasteiger partial charge in [-0.25, -0.2) is 8.42 Å². The standard InChI is InChI=1S/C26H23ClN2O3S/c1-17-6-5-9-24(18(17)2)29-33(31,32)25-15-22(12-13-23(25)27)26(30)28-16-19-10-11-20-7-3-4-8-21(20)14-19/h3-15,29H,16H2,1-2H3,(H,28,30). The molecule has 0 spiro atoms. The van der Waals surface area contributed by atoms with Gasteiger partial charge in [-0.15, -0.1) is 0 Å². The van der Waals surface area contributed by atoms with Gasteiger partial charge in [-0.1, -0.05) is 60.1 Å². The molecule has 33 heavy (non-hydrogen) atoms. The smallest absolute Gasteiger partial charge is 0.263 e. The van der Waals surface area contributed by atoms with Gasteiger partial charge in [-0.05, 0) is 71.6 Å². The highest BCUT2D eigenvalue weighted by molar-refractivity contribution is 7.92. The predicted octanol–water partition coefficient (Wildman–Crippen LogP) is 5.84. The number of anilines is 1. The Bertz CT molecular complexity index is 1470. The van der Waals surface area contributed by atoms with Crippen LogP contribution in [0.4, 0.5) is 5.69 Å². The van der Waals surface area contributed by atoms with Crippen molar-refractivity contribution in [3.05, 3.63) is 106 Å². The average Bonchev–Trinajstić information content (AvgIpc) is 2.80. The molecule has 2 N–H and O–H groups in total. The maximum atomic E-state index is 13.0. The molecule has 0 saturated carbocycles. The van der Waals surface area contributed by atoms with Crippen molar-refractivity contribution in [3.63, 3.8) is 0 Å². The number of aryl methyl sites for hydroxylation is 1. The number of rotatable bonds is 6. The number of carbonyl (C=O) groups is 1. The molecule has 0 heterocycles. The fourth-order valence-electron chi connectivity index (χ4n) is 3.55. The van der Waals surface area contributed by atoms with Crippen LogP contribution in [0, 0.1) is 13.8 Å². The summed E-state index contributed by atoms with van der Waals surface area (Å²) in [6, 6.07) is 23.5. The van der Waals surface area contributed by atoms with E-state index in [1.807, 2.05) is 62.4 Å². The highest BCUT2D eigenvalue weighted by Crippen LogP contribution is 2.27. The summed E-state index contributed by atoms with van der Waals surface area (Å²) in [5.41, 5.74) is 3.41. The SMILES string of the molecule is Cc1cccc(NS(=O)(=O)c2cc(C(=O)NCc3ccc4ccccc4c3)ccc2Cl)c1C. The molecule has 0 fully saturated rings. The van der Waals surface area contributed by atoms with E-state index in [1.165, 1.54) is 18.2 Å². The Morgan fingerprint density at radius 3 is 2.42 bits per heavy atom. The van der Waals surface area contributed by atoms with E-state index in [4.69, 9.17) is 11.6 Å². The van der Waals surface area contributed by atoms with Crippen LogP contribution < -0.4 is 10.0 Å². The first-order valence-corrected chi connectivity index (χ1v) is 12.3. The number of nitrogens with one attached hydrogen (secondary N) is 2. The normalized spacial score (nSPS) is 11.4. The van der Waals surface area contributed by atoms with Crippen LogP contribution in [0.25, 0.3) is 10.8 Å². The molecule has 4 aromatic rings. The van der Waals surface area contributed by atoms with Gasteiger partial charge in [-0.3, -0.25) is 9.52 Å². The minimum Gasteiger partial charge on any atom is -0.348 e. The molecule has 0 radical (unpaired) electrons. The number of halogens is 1. The Hall–Kier alpha value is -3.35. The van der Waals surface area contributed by atoms with E-state index in [1.54, 1.807) is 12.1 Å². The zero-order valence-corrected chi connectivity index (χ0v) is 19.8. The van der Waals surface area contributed by atoms with Crippen molar-refractivity contribution in [1.29, 1.82) is 0 Å². The lowest BCUT2D eigenvalue weighted by Gasteiger charge is -2.14. The van der Waals surface area contributed by atoms with E-state index in [0.29, 0.717) is 12.2 Å². The fourth-order valence-corrected chi connectivity index (χ4v) is 5.19. The topological polar surface area (TPSA) is 75.3 Å². The van der Waals surface area contributed by atoms with Crippen LogP contribution >= 0.6 is 11.6 Å². The third-order valence-electron chi connectivity index (χ3n) is 5.60. The van der Waals surface area contributed by atoms with E-state index < -0.39 is 10.0 Å². The molecular formula is C26H23ClN2O3S. The van der Waals surface area contributed by atoms with Crippen molar-refractivity contribution in [2.45, 2.75) is 25.3 Å². The number of hydrogen-bond acceptors (Lipinski definition) is 3. The lowest BCUT2D eigenvalue weighted by Crippen LogP contribution is -2.23. The van der Waals surface area contributed by atoms with Crippen molar-refractivity contribution >= 4 is 44.0 Å². The van der Waals surface area contributed by atoms with Gasteiger partial charge in [0.2, 0.25) is 0 Å². The quantitative estimate of drug-likeness (QED) is 0.365. The number of hydrogen-bond donors (Lipinski definition) is 2. The van der Waals surface area contributed by atoms with Crippen LogP contribution in [0.5, 0.6) is 0 Å². The number of sulfonamides is 1. The lowest BCUT2D eigenvalue weighted by molar-refractivity contribution is 0.0950. The van der Waals surface area contributed by atoms with Crippen LogP contribution in [-0.4, -0.2) is 14.3 Å². The Balaban J connectivity index is 1.54. The molecule has 7 heteroatoms. The molecule has 0 aliphatic carbocycles. The van der Waals surface area contributed by atoms with Crippen molar-refractivity contribution in [2.75, 3.05) is 4.72 Å². The number of amides is 1. The van der Waals surface area contributed by atoms with Crippen molar-refractivity contribution in [2.24, 2.45) is 0 Å². The molecular weight excluding hydrogens is 456 g/mol. The van der Waals surface area contributed by atoms with Crippen molar-refractivity contribution in [1.82, 2.24) is 5.32 Å².